The van der Waals surface area contributed by atoms with E-state index in [1.165, 1.54) is 6.33 Å². The fourth-order valence-electron chi connectivity index (χ4n) is 1.84. The van der Waals surface area contributed by atoms with Crippen LogP contribution in [0, 0.1) is 6.92 Å². The average Bonchev–Trinajstić information content (AvgIpc) is 2.44. The summed E-state index contributed by atoms with van der Waals surface area (Å²) < 4.78 is 6.35. The summed E-state index contributed by atoms with van der Waals surface area (Å²) in [5.41, 5.74) is 7.43. The SMILES string of the molecule is Cc1ccc2cccc(Oc3ncnc(N)c3Br)c2n1. The first kappa shape index (κ1) is 12.8. The van der Waals surface area contributed by atoms with E-state index in [9.17, 15) is 0 Å². The summed E-state index contributed by atoms with van der Waals surface area (Å²) in [6, 6.07) is 9.71. The van der Waals surface area contributed by atoms with Gasteiger partial charge in [-0.1, -0.05) is 18.2 Å². The van der Waals surface area contributed by atoms with Crippen molar-refractivity contribution in [1.29, 1.82) is 0 Å². The largest absolute Gasteiger partial charge is 0.435 e. The first-order chi connectivity index (χ1) is 9.65. The van der Waals surface area contributed by atoms with Gasteiger partial charge in [-0.05, 0) is 35.0 Å². The molecule has 0 fully saturated rings. The molecule has 0 spiro atoms. The Morgan fingerprint density at radius 1 is 1.15 bits per heavy atom. The number of aryl methyl sites for hydroxylation is 1. The predicted octanol–water partition coefficient (Wildman–Crippen LogP) is 3.47. The molecule has 0 atom stereocenters. The number of nitrogens with two attached hydrogens (primary N) is 1. The Bertz CT molecular complexity index is 791. The molecule has 20 heavy (non-hydrogen) atoms. The summed E-state index contributed by atoms with van der Waals surface area (Å²) in [6.45, 7) is 1.94. The zero-order valence-corrected chi connectivity index (χ0v) is 12.3. The van der Waals surface area contributed by atoms with Crippen molar-refractivity contribution in [3.8, 4) is 11.6 Å². The van der Waals surface area contributed by atoms with Gasteiger partial charge in [0.2, 0.25) is 5.88 Å². The van der Waals surface area contributed by atoms with Crippen molar-refractivity contribution in [2.75, 3.05) is 5.73 Å². The molecule has 6 heteroatoms. The van der Waals surface area contributed by atoms with Crippen LogP contribution in [-0.4, -0.2) is 15.0 Å². The number of hydrogen-bond donors (Lipinski definition) is 1. The molecule has 1 aromatic carbocycles. The Balaban J connectivity index is 2.11. The van der Waals surface area contributed by atoms with Crippen molar-refractivity contribution in [2.24, 2.45) is 0 Å². The lowest BCUT2D eigenvalue weighted by Gasteiger charge is -2.09. The van der Waals surface area contributed by atoms with E-state index in [-0.39, 0.29) is 0 Å². The van der Waals surface area contributed by atoms with Crippen LogP contribution < -0.4 is 10.5 Å². The van der Waals surface area contributed by atoms with Gasteiger partial charge < -0.3 is 10.5 Å². The van der Waals surface area contributed by atoms with Crippen molar-refractivity contribution in [2.45, 2.75) is 6.92 Å². The van der Waals surface area contributed by atoms with Gasteiger partial charge in [-0.2, -0.15) is 0 Å². The summed E-state index contributed by atoms with van der Waals surface area (Å²) in [5.74, 6) is 1.33. The van der Waals surface area contributed by atoms with Crippen LogP contribution in [0.1, 0.15) is 5.69 Å². The molecule has 0 radical (unpaired) electrons. The molecule has 3 aromatic rings. The van der Waals surface area contributed by atoms with Crippen molar-refractivity contribution in [3.63, 3.8) is 0 Å². The highest BCUT2D eigenvalue weighted by atomic mass is 79.9. The Morgan fingerprint density at radius 2 is 2.00 bits per heavy atom. The van der Waals surface area contributed by atoms with Crippen LogP contribution in [0.25, 0.3) is 10.9 Å². The standard InChI is InChI=1S/C14H11BrN4O/c1-8-5-6-9-3-2-4-10(12(9)19-8)20-14-11(15)13(16)17-7-18-14/h2-7H,1H3,(H2,16,17,18). The summed E-state index contributed by atoms with van der Waals surface area (Å²) in [6.07, 6.45) is 1.36. The Kier molecular flexibility index (Phi) is 3.23. The van der Waals surface area contributed by atoms with E-state index in [0.717, 1.165) is 16.6 Å². The van der Waals surface area contributed by atoms with Gasteiger partial charge in [-0.3, -0.25) is 0 Å². The second-order valence-corrected chi connectivity index (χ2v) is 5.05. The molecular formula is C14H11BrN4O. The molecule has 2 aromatic heterocycles. The lowest BCUT2D eigenvalue weighted by Crippen LogP contribution is -1.97. The lowest BCUT2D eigenvalue weighted by atomic mass is 10.2. The number of ether oxygens (including phenoxy) is 1. The highest BCUT2D eigenvalue weighted by molar-refractivity contribution is 9.10. The van der Waals surface area contributed by atoms with Gasteiger partial charge in [0.15, 0.2) is 5.75 Å². The maximum atomic E-state index is 5.82. The number of benzene rings is 1. The number of nitrogens with zero attached hydrogens (tertiary/aromatic N) is 3. The van der Waals surface area contributed by atoms with Gasteiger partial charge >= 0.3 is 0 Å². The fourth-order valence-corrected chi connectivity index (χ4v) is 2.13. The van der Waals surface area contributed by atoms with E-state index in [2.05, 4.69) is 30.9 Å². The number of rotatable bonds is 2. The molecule has 0 aliphatic carbocycles. The van der Waals surface area contributed by atoms with Crippen LogP contribution in [0.15, 0.2) is 41.1 Å². The van der Waals surface area contributed by atoms with Gasteiger partial charge in [0, 0.05) is 11.1 Å². The number of fused-ring (bicyclic) bond motifs is 1. The summed E-state index contributed by atoms with van der Waals surface area (Å²) in [7, 11) is 0. The Labute approximate surface area is 124 Å². The highest BCUT2D eigenvalue weighted by Crippen LogP contribution is 2.33. The minimum absolute atomic E-state index is 0.333. The average molecular weight is 331 g/mol. The molecule has 0 saturated heterocycles. The van der Waals surface area contributed by atoms with Crippen molar-refractivity contribution >= 4 is 32.7 Å². The Hall–Kier alpha value is -2.21. The maximum absolute atomic E-state index is 5.82. The van der Waals surface area contributed by atoms with Crippen molar-refractivity contribution in [3.05, 3.63) is 46.8 Å². The van der Waals surface area contributed by atoms with Crippen LogP contribution in [0.5, 0.6) is 11.6 Å². The number of anilines is 1. The van der Waals surface area contributed by atoms with Crippen LogP contribution in [0.2, 0.25) is 0 Å². The second-order valence-electron chi connectivity index (χ2n) is 4.26. The minimum Gasteiger partial charge on any atom is -0.435 e. The van der Waals surface area contributed by atoms with Crippen LogP contribution >= 0.6 is 15.9 Å². The first-order valence-electron chi connectivity index (χ1n) is 5.95. The first-order valence-corrected chi connectivity index (χ1v) is 6.74. The molecule has 0 unspecified atom stereocenters. The molecule has 2 heterocycles. The van der Waals surface area contributed by atoms with Gasteiger partial charge in [0.1, 0.15) is 22.1 Å². The third-order valence-electron chi connectivity index (χ3n) is 2.81. The van der Waals surface area contributed by atoms with Gasteiger partial charge in [-0.15, -0.1) is 0 Å². The zero-order valence-electron chi connectivity index (χ0n) is 10.7. The smallest absolute Gasteiger partial charge is 0.238 e. The second kappa shape index (κ2) is 5.05. The molecule has 3 rings (SSSR count). The number of nitrogen functional groups attached to an aromatic ring is 1. The molecule has 0 amide bonds. The Morgan fingerprint density at radius 3 is 2.85 bits per heavy atom. The van der Waals surface area contributed by atoms with Gasteiger partial charge in [0.05, 0.1) is 0 Å². The van der Waals surface area contributed by atoms with Crippen molar-refractivity contribution < 1.29 is 4.74 Å². The summed E-state index contributed by atoms with van der Waals surface area (Å²) >= 11 is 3.32. The highest BCUT2D eigenvalue weighted by Gasteiger charge is 2.11. The predicted molar refractivity (Wildman–Crippen MR) is 80.7 cm³/mol. The fraction of sp³-hybridized carbons (Fsp3) is 0.0714. The lowest BCUT2D eigenvalue weighted by molar-refractivity contribution is 0.462. The van der Waals surface area contributed by atoms with Crippen LogP contribution in [0.3, 0.4) is 0 Å². The topological polar surface area (TPSA) is 73.9 Å². The molecule has 5 nitrogen and oxygen atoms in total. The quantitative estimate of drug-likeness (QED) is 0.778. The van der Waals surface area contributed by atoms with E-state index in [0.29, 0.717) is 21.9 Å². The molecule has 0 saturated carbocycles. The zero-order chi connectivity index (χ0) is 14.1. The summed E-state index contributed by atoms with van der Waals surface area (Å²) in [4.78, 5) is 12.5. The van der Waals surface area contributed by atoms with Crippen LogP contribution in [0.4, 0.5) is 5.82 Å². The van der Waals surface area contributed by atoms with Gasteiger partial charge in [0.25, 0.3) is 0 Å². The molecular weight excluding hydrogens is 320 g/mol. The third-order valence-corrected chi connectivity index (χ3v) is 3.56. The maximum Gasteiger partial charge on any atom is 0.238 e. The van der Waals surface area contributed by atoms with Gasteiger partial charge in [-0.25, -0.2) is 15.0 Å². The number of halogens is 1. The van der Waals surface area contributed by atoms with E-state index in [4.69, 9.17) is 10.5 Å². The van der Waals surface area contributed by atoms with E-state index in [1.54, 1.807) is 0 Å². The monoisotopic (exact) mass is 330 g/mol. The molecule has 0 bridgehead atoms. The number of hydrogen-bond acceptors (Lipinski definition) is 5. The molecule has 100 valence electrons. The summed E-state index contributed by atoms with van der Waals surface area (Å²) in [5, 5.41) is 1.01. The third kappa shape index (κ3) is 2.30. The number of pyridine rings is 1. The number of aromatic nitrogens is 3. The normalized spacial score (nSPS) is 10.7. The van der Waals surface area contributed by atoms with Crippen LogP contribution in [-0.2, 0) is 0 Å². The molecule has 0 aliphatic heterocycles. The van der Waals surface area contributed by atoms with E-state index in [1.807, 2.05) is 37.3 Å². The van der Waals surface area contributed by atoms with Crippen molar-refractivity contribution in [1.82, 2.24) is 15.0 Å². The number of para-hydroxylation sites is 1. The molecule has 0 aliphatic rings. The van der Waals surface area contributed by atoms with E-state index >= 15 is 0 Å². The molecule has 2 N–H and O–H groups in total. The van der Waals surface area contributed by atoms with E-state index < -0.39 is 0 Å². The minimum atomic E-state index is 0.333.